The van der Waals surface area contributed by atoms with Gasteiger partial charge in [0.2, 0.25) is 5.91 Å². The molecule has 1 aliphatic rings. The number of benzene rings is 1. The first-order valence-corrected chi connectivity index (χ1v) is 8.68. The van der Waals surface area contributed by atoms with Crippen molar-refractivity contribution in [2.24, 2.45) is 0 Å². The maximum absolute atomic E-state index is 13.0. The van der Waals surface area contributed by atoms with Gasteiger partial charge in [-0.2, -0.15) is 0 Å². The molecule has 0 bridgehead atoms. The summed E-state index contributed by atoms with van der Waals surface area (Å²) < 4.78 is 5.50. The van der Waals surface area contributed by atoms with Gasteiger partial charge >= 0.3 is 0 Å². The van der Waals surface area contributed by atoms with E-state index in [1.165, 1.54) is 5.56 Å². The number of nitrogens with zero attached hydrogens (tertiary/aromatic N) is 2. The summed E-state index contributed by atoms with van der Waals surface area (Å²) >= 11 is 0. The Morgan fingerprint density at radius 3 is 2.62 bits per heavy atom. The van der Waals surface area contributed by atoms with Crippen LogP contribution in [0.1, 0.15) is 29.7 Å². The highest BCUT2D eigenvalue weighted by Crippen LogP contribution is 2.20. The second-order valence-corrected chi connectivity index (χ2v) is 6.74. The fourth-order valence-corrected chi connectivity index (χ4v) is 3.37. The molecule has 0 radical (unpaired) electrons. The lowest BCUT2D eigenvalue weighted by Crippen LogP contribution is -2.46. The van der Waals surface area contributed by atoms with Crippen LogP contribution in [-0.4, -0.2) is 41.9 Å². The van der Waals surface area contributed by atoms with E-state index in [4.69, 9.17) is 4.42 Å². The first-order chi connectivity index (χ1) is 11.6. The molecule has 0 spiro atoms. The third-order valence-corrected chi connectivity index (χ3v) is 4.96. The number of aryl methyl sites for hydroxylation is 1. The molecule has 0 unspecified atom stereocenters. The lowest BCUT2D eigenvalue weighted by Gasteiger charge is -2.37. The Bertz CT molecular complexity index is 658. The first kappa shape index (κ1) is 16.8. The second-order valence-electron chi connectivity index (χ2n) is 6.74. The average molecular weight is 326 g/mol. The smallest absolute Gasteiger partial charge is 0.227 e. The fourth-order valence-electron chi connectivity index (χ4n) is 3.37. The summed E-state index contributed by atoms with van der Waals surface area (Å²) in [6.45, 7) is 4.70. The summed E-state index contributed by atoms with van der Waals surface area (Å²) in [5.41, 5.74) is 2.28. The molecule has 0 aliphatic carbocycles. The van der Waals surface area contributed by atoms with Crippen molar-refractivity contribution in [3.63, 3.8) is 0 Å². The van der Waals surface area contributed by atoms with Crippen molar-refractivity contribution in [2.45, 2.75) is 38.8 Å². The van der Waals surface area contributed by atoms with Crippen LogP contribution in [0.5, 0.6) is 0 Å². The van der Waals surface area contributed by atoms with Crippen LogP contribution in [0, 0.1) is 6.92 Å². The van der Waals surface area contributed by atoms with Gasteiger partial charge in [0.25, 0.3) is 0 Å². The lowest BCUT2D eigenvalue weighted by atomic mass is 10.0. The quantitative estimate of drug-likeness (QED) is 0.846. The summed E-state index contributed by atoms with van der Waals surface area (Å²) in [5, 5.41) is 0. The predicted molar refractivity (Wildman–Crippen MR) is 94.7 cm³/mol. The Morgan fingerprint density at radius 2 is 1.96 bits per heavy atom. The van der Waals surface area contributed by atoms with Gasteiger partial charge in [0.05, 0.1) is 19.2 Å². The highest BCUT2D eigenvalue weighted by Gasteiger charge is 2.27. The van der Waals surface area contributed by atoms with E-state index < -0.39 is 0 Å². The summed E-state index contributed by atoms with van der Waals surface area (Å²) in [7, 11) is 2.14. The van der Waals surface area contributed by atoms with E-state index in [0.29, 0.717) is 19.0 Å². The SMILES string of the molecule is Cc1ccccc1CC(=O)N(Cc1ccco1)C1CCN(C)CC1. The van der Waals surface area contributed by atoms with Crippen LogP contribution in [0.2, 0.25) is 0 Å². The molecule has 2 aromatic rings. The Labute approximate surface area is 144 Å². The van der Waals surface area contributed by atoms with Gasteiger partial charge in [-0.15, -0.1) is 0 Å². The van der Waals surface area contributed by atoms with E-state index >= 15 is 0 Å². The maximum atomic E-state index is 13.0. The monoisotopic (exact) mass is 326 g/mol. The summed E-state index contributed by atoms with van der Waals surface area (Å²) in [5.74, 6) is 1.04. The molecule has 1 aliphatic heterocycles. The number of furan rings is 1. The summed E-state index contributed by atoms with van der Waals surface area (Å²) in [6.07, 6.45) is 4.18. The van der Waals surface area contributed by atoms with Gasteiger partial charge in [0, 0.05) is 6.04 Å². The molecule has 0 atom stereocenters. The molecule has 3 rings (SSSR count). The molecular weight excluding hydrogens is 300 g/mol. The molecule has 1 aromatic heterocycles. The van der Waals surface area contributed by atoms with Gasteiger partial charge in [-0.05, 0) is 63.2 Å². The summed E-state index contributed by atoms with van der Waals surface area (Å²) in [6, 6.07) is 12.3. The third kappa shape index (κ3) is 4.06. The van der Waals surface area contributed by atoms with Crippen LogP contribution in [0.3, 0.4) is 0 Å². The topological polar surface area (TPSA) is 36.7 Å². The standard InChI is InChI=1S/C20H26N2O2/c1-16-6-3-4-7-17(16)14-20(23)22(15-19-8-5-13-24-19)18-9-11-21(2)12-10-18/h3-8,13,18H,9-12,14-15H2,1-2H3. The maximum Gasteiger partial charge on any atom is 0.227 e. The van der Waals surface area contributed by atoms with Gasteiger partial charge < -0.3 is 14.2 Å². The average Bonchev–Trinajstić information content (AvgIpc) is 3.09. The van der Waals surface area contributed by atoms with Gasteiger partial charge in [-0.1, -0.05) is 24.3 Å². The van der Waals surface area contributed by atoms with E-state index in [-0.39, 0.29) is 5.91 Å². The molecule has 0 N–H and O–H groups in total. The van der Waals surface area contributed by atoms with Crippen molar-refractivity contribution >= 4 is 5.91 Å². The van der Waals surface area contributed by atoms with Crippen molar-refractivity contribution in [2.75, 3.05) is 20.1 Å². The molecule has 24 heavy (non-hydrogen) atoms. The van der Waals surface area contributed by atoms with Crippen LogP contribution >= 0.6 is 0 Å². The van der Waals surface area contributed by atoms with Crippen LogP contribution in [0.4, 0.5) is 0 Å². The highest BCUT2D eigenvalue weighted by molar-refractivity contribution is 5.79. The molecule has 1 fully saturated rings. The normalized spacial score (nSPS) is 16.2. The molecule has 4 heteroatoms. The zero-order chi connectivity index (χ0) is 16.9. The third-order valence-electron chi connectivity index (χ3n) is 4.96. The van der Waals surface area contributed by atoms with Crippen LogP contribution in [0.25, 0.3) is 0 Å². The number of carbonyl (C=O) groups excluding carboxylic acids is 1. The van der Waals surface area contributed by atoms with Crippen LogP contribution < -0.4 is 0 Å². The van der Waals surface area contributed by atoms with Crippen LogP contribution in [0.15, 0.2) is 47.1 Å². The van der Waals surface area contributed by atoms with Gasteiger partial charge in [0.15, 0.2) is 0 Å². The van der Waals surface area contributed by atoms with Crippen molar-refractivity contribution < 1.29 is 9.21 Å². The number of likely N-dealkylation sites (tertiary alicyclic amines) is 1. The zero-order valence-corrected chi connectivity index (χ0v) is 14.6. The fraction of sp³-hybridized carbons (Fsp3) is 0.450. The zero-order valence-electron chi connectivity index (χ0n) is 14.6. The largest absolute Gasteiger partial charge is 0.467 e. The molecule has 1 aromatic carbocycles. The number of carbonyl (C=O) groups is 1. The molecular formula is C20H26N2O2. The molecule has 1 amide bonds. The van der Waals surface area contributed by atoms with Crippen molar-refractivity contribution in [3.8, 4) is 0 Å². The molecule has 0 saturated carbocycles. The van der Waals surface area contributed by atoms with Crippen molar-refractivity contribution in [3.05, 3.63) is 59.5 Å². The number of hydrogen-bond acceptors (Lipinski definition) is 3. The Balaban J connectivity index is 1.75. The second kappa shape index (κ2) is 7.67. The Morgan fingerprint density at radius 1 is 1.21 bits per heavy atom. The van der Waals surface area contributed by atoms with Crippen LogP contribution in [-0.2, 0) is 17.8 Å². The highest BCUT2D eigenvalue weighted by atomic mass is 16.3. The first-order valence-electron chi connectivity index (χ1n) is 8.68. The van der Waals surface area contributed by atoms with E-state index in [0.717, 1.165) is 37.3 Å². The van der Waals surface area contributed by atoms with Crippen molar-refractivity contribution in [1.29, 1.82) is 0 Å². The minimum absolute atomic E-state index is 0.190. The van der Waals surface area contributed by atoms with Gasteiger partial charge in [0.1, 0.15) is 5.76 Å². The predicted octanol–water partition coefficient (Wildman–Crippen LogP) is 3.25. The van der Waals surface area contributed by atoms with E-state index in [1.54, 1.807) is 6.26 Å². The molecule has 4 nitrogen and oxygen atoms in total. The number of amides is 1. The van der Waals surface area contributed by atoms with Gasteiger partial charge in [-0.25, -0.2) is 0 Å². The molecule has 128 valence electrons. The van der Waals surface area contributed by atoms with E-state index in [1.807, 2.05) is 35.2 Å². The molecule has 1 saturated heterocycles. The van der Waals surface area contributed by atoms with Crippen molar-refractivity contribution in [1.82, 2.24) is 9.80 Å². The lowest BCUT2D eigenvalue weighted by molar-refractivity contribution is -0.134. The number of piperidine rings is 1. The van der Waals surface area contributed by atoms with Gasteiger partial charge in [-0.3, -0.25) is 4.79 Å². The Kier molecular flexibility index (Phi) is 5.36. The Hall–Kier alpha value is -2.07. The molecule has 2 heterocycles. The minimum atomic E-state index is 0.190. The minimum Gasteiger partial charge on any atom is -0.467 e. The van der Waals surface area contributed by atoms with E-state index in [2.05, 4.69) is 24.9 Å². The summed E-state index contributed by atoms with van der Waals surface area (Å²) in [4.78, 5) is 17.4. The van der Waals surface area contributed by atoms with E-state index in [9.17, 15) is 4.79 Å². The number of rotatable bonds is 5. The number of hydrogen-bond donors (Lipinski definition) is 0.